The zero-order valence-corrected chi connectivity index (χ0v) is 36.0. The van der Waals surface area contributed by atoms with Gasteiger partial charge in [0, 0.05) is 88.3 Å². The van der Waals surface area contributed by atoms with E-state index in [1.807, 2.05) is 7.05 Å². The molecule has 6 heterocycles. The fraction of sp³-hybridized carbons (Fsp3) is 0.600. The number of likely N-dealkylation sites (N-methyl/N-ethyl adjacent to an activating group) is 1. The number of hydrogen-bond donors (Lipinski definition) is 3. The minimum atomic E-state index is -2.16. The quantitative estimate of drug-likeness (QED) is 0.168. The Bertz CT molecular complexity index is 2170. The largest absolute Gasteiger partial charge is 0.467 e. The number of ether oxygens (including phenoxy) is 2. The zero-order valence-electron chi connectivity index (χ0n) is 33.9. The fourth-order valence-electron chi connectivity index (χ4n) is 13.5. The molecule has 5 aliphatic heterocycles. The average Bonchev–Trinajstić information content (AvgIpc) is 3.82. The van der Waals surface area contributed by atoms with Crippen molar-refractivity contribution in [3.05, 3.63) is 74.0 Å². The maximum Gasteiger partial charge on any atom is 0.344 e. The molecule has 3 N–H and O–H groups in total. The van der Waals surface area contributed by atoms with Crippen LogP contribution in [0, 0.1) is 21.8 Å². The second-order valence-corrected chi connectivity index (χ2v) is 19.6. The van der Waals surface area contributed by atoms with E-state index in [1.54, 1.807) is 0 Å². The SMILES string of the molecule is CC[C@]1(O)C[C@@H]2CN(CCc3c([nH]c4ccc(I)cc34)[C@@](C)(c3cc4c(cc3C)N(C)C3[C@]45CCN4CC=C[C@@](CC)([C@@H](OC(C)=O)[C@]3(O)C(=O)OC)[C@H]45)C2)C1. The third-order valence-electron chi connectivity index (χ3n) is 15.5. The molecule has 2 unspecified atom stereocenters. The van der Waals surface area contributed by atoms with Gasteiger partial charge in [-0.2, -0.15) is 0 Å². The van der Waals surface area contributed by atoms with Crippen molar-refractivity contribution in [3.8, 4) is 0 Å². The van der Waals surface area contributed by atoms with Crippen LogP contribution in [0.15, 0.2) is 42.5 Å². The van der Waals surface area contributed by atoms with Crippen molar-refractivity contribution in [1.82, 2.24) is 14.8 Å². The molecule has 3 fully saturated rings. The summed E-state index contributed by atoms with van der Waals surface area (Å²) in [5.74, 6) is -1.05. The van der Waals surface area contributed by atoms with Crippen LogP contribution in [0.25, 0.3) is 10.9 Å². The van der Waals surface area contributed by atoms with Gasteiger partial charge in [0.05, 0.1) is 18.8 Å². The van der Waals surface area contributed by atoms with Crippen molar-refractivity contribution in [2.24, 2.45) is 11.3 Å². The number of fused-ring (bicyclic) bond motifs is 6. The number of carbonyl (C=O) groups is 2. The Morgan fingerprint density at radius 1 is 1.05 bits per heavy atom. The van der Waals surface area contributed by atoms with Crippen molar-refractivity contribution in [1.29, 1.82) is 0 Å². The summed E-state index contributed by atoms with van der Waals surface area (Å²) in [6, 6.07) is 10.5. The smallest absolute Gasteiger partial charge is 0.344 e. The van der Waals surface area contributed by atoms with Crippen LogP contribution in [-0.4, -0.2) is 113 Å². The molecule has 0 amide bonds. The number of esters is 2. The van der Waals surface area contributed by atoms with Gasteiger partial charge in [0.15, 0.2) is 6.10 Å². The average molecular weight is 877 g/mol. The topological polar surface area (TPSA) is 119 Å². The summed E-state index contributed by atoms with van der Waals surface area (Å²) < 4.78 is 12.9. The van der Waals surface area contributed by atoms with Crippen molar-refractivity contribution >= 4 is 51.1 Å². The summed E-state index contributed by atoms with van der Waals surface area (Å²) in [5, 5.41) is 26.4. The highest BCUT2D eigenvalue weighted by atomic mass is 127. The van der Waals surface area contributed by atoms with Gasteiger partial charge in [0.25, 0.3) is 0 Å². The van der Waals surface area contributed by atoms with Gasteiger partial charge in [-0.05, 0) is 134 Å². The number of halogens is 1. The number of piperidine rings is 1. The van der Waals surface area contributed by atoms with E-state index in [9.17, 15) is 19.8 Å². The molecule has 56 heavy (non-hydrogen) atoms. The van der Waals surface area contributed by atoms with Gasteiger partial charge in [0.2, 0.25) is 5.60 Å². The molecule has 1 spiro atoms. The molecule has 2 bridgehead atoms. The van der Waals surface area contributed by atoms with Crippen LogP contribution in [0.3, 0.4) is 0 Å². The Hall–Kier alpha value is -2.97. The molecule has 1 aliphatic carbocycles. The highest BCUT2D eigenvalue weighted by molar-refractivity contribution is 14.1. The zero-order chi connectivity index (χ0) is 39.7. The van der Waals surface area contributed by atoms with E-state index in [0.29, 0.717) is 13.0 Å². The van der Waals surface area contributed by atoms with E-state index in [0.717, 1.165) is 80.6 Å². The highest BCUT2D eigenvalue weighted by Crippen LogP contribution is 2.68. The molecule has 2 aromatic carbocycles. The lowest BCUT2D eigenvalue weighted by Gasteiger charge is -2.63. The van der Waals surface area contributed by atoms with Crippen LogP contribution in [0.4, 0.5) is 5.69 Å². The molecule has 1 saturated carbocycles. The molecule has 6 aliphatic rings. The van der Waals surface area contributed by atoms with Crippen molar-refractivity contribution in [2.75, 3.05) is 51.8 Å². The number of aromatic amines is 1. The van der Waals surface area contributed by atoms with Gasteiger partial charge in [-0.15, -0.1) is 0 Å². The number of H-pyrrole nitrogens is 1. The molecule has 3 aromatic rings. The molecule has 10 atom stereocenters. The van der Waals surface area contributed by atoms with E-state index < -0.39 is 51.5 Å². The summed E-state index contributed by atoms with van der Waals surface area (Å²) in [5.41, 5.74) is 3.34. The number of aromatic nitrogens is 1. The second-order valence-electron chi connectivity index (χ2n) is 18.4. The summed E-state index contributed by atoms with van der Waals surface area (Å²) in [6.45, 7) is 14.2. The number of nitrogens with zero attached hydrogens (tertiary/aromatic N) is 3. The van der Waals surface area contributed by atoms with Crippen LogP contribution in [-0.2, 0) is 36.3 Å². The van der Waals surface area contributed by atoms with E-state index in [2.05, 4.69) is 112 Å². The number of hydrogen-bond acceptors (Lipinski definition) is 9. The van der Waals surface area contributed by atoms with Crippen LogP contribution in [0.1, 0.15) is 87.7 Å². The molecule has 2 saturated heterocycles. The number of nitrogens with one attached hydrogen (secondary N) is 1. The first-order valence-electron chi connectivity index (χ1n) is 20.6. The number of rotatable bonds is 5. The lowest BCUT2D eigenvalue weighted by atomic mass is 9.47. The number of methoxy groups -OCH3 is 1. The standard InChI is InChI=1S/C45H57IN4O6/c1-8-42(53)23-28-22-41(5,36-30(13-17-49(24-28)25-42)31-20-29(46)11-12-34(31)47-36)32-21-33-35(19-26(32)3)48(6)38-44(33)15-18-50-16-10-14-43(9-2,37(44)50)39(56-27(4)51)45(38,54)40(52)55-7/h10-12,14,19-21,28,37-39,47,53-54H,8-9,13,15-18,22-25H2,1-7H3/t28-,37+,38?,39-,41-,42+,43-,44-,45+/m1/s1. The third kappa shape index (κ3) is 5.05. The number of anilines is 1. The van der Waals surface area contributed by atoms with Gasteiger partial charge in [-0.1, -0.05) is 32.1 Å². The summed E-state index contributed by atoms with van der Waals surface area (Å²) in [6.07, 6.45) is 7.59. The predicted octanol–water partition coefficient (Wildman–Crippen LogP) is 5.74. The van der Waals surface area contributed by atoms with Crippen LogP contribution >= 0.6 is 22.6 Å². The predicted molar refractivity (Wildman–Crippen MR) is 225 cm³/mol. The van der Waals surface area contributed by atoms with Crippen molar-refractivity contribution < 1.29 is 29.3 Å². The maximum atomic E-state index is 14.3. The summed E-state index contributed by atoms with van der Waals surface area (Å²) in [4.78, 5) is 38.4. The van der Waals surface area contributed by atoms with Gasteiger partial charge in [0.1, 0.15) is 0 Å². The molecule has 9 rings (SSSR count). The number of aryl methyl sites for hydroxylation is 1. The molecular formula is C45H57IN4O6. The van der Waals surface area contributed by atoms with Crippen LogP contribution in [0.5, 0.6) is 0 Å². The first-order valence-corrected chi connectivity index (χ1v) is 21.7. The molecule has 0 radical (unpaired) electrons. The number of aliphatic hydroxyl groups is 2. The fourth-order valence-corrected chi connectivity index (χ4v) is 14.0. The minimum absolute atomic E-state index is 0.144. The van der Waals surface area contributed by atoms with E-state index >= 15 is 0 Å². The second kappa shape index (κ2) is 13.0. The Kier molecular flexibility index (Phi) is 8.96. The number of benzene rings is 2. The highest BCUT2D eigenvalue weighted by Gasteiger charge is 2.80. The third-order valence-corrected chi connectivity index (χ3v) is 16.2. The number of carbonyl (C=O) groups excluding carboxylic acids is 2. The lowest BCUT2D eigenvalue weighted by molar-refractivity contribution is -0.228. The summed E-state index contributed by atoms with van der Waals surface area (Å²) in [7, 11) is 3.30. The monoisotopic (exact) mass is 876 g/mol. The van der Waals surface area contributed by atoms with Crippen LogP contribution in [0.2, 0.25) is 0 Å². The van der Waals surface area contributed by atoms with Gasteiger partial charge in [-0.3, -0.25) is 14.6 Å². The molecule has 10 nitrogen and oxygen atoms in total. The Morgan fingerprint density at radius 2 is 1.84 bits per heavy atom. The Labute approximate surface area is 344 Å². The van der Waals surface area contributed by atoms with Gasteiger partial charge >= 0.3 is 11.9 Å². The summed E-state index contributed by atoms with van der Waals surface area (Å²) >= 11 is 2.42. The molecular weight excluding hydrogens is 819 g/mol. The van der Waals surface area contributed by atoms with Gasteiger partial charge in [-0.25, -0.2) is 4.79 Å². The minimum Gasteiger partial charge on any atom is -0.467 e. The molecule has 1 aromatic heterocycles. The van der Waals surface area contributed by atoms with E-state index in [4.69, 9.17) is 9.47 Å². The molecule has 300 valence electrons. The lowest BCUT2D eigenvalue weighted by Crippen LogP contribution is -2.81. The van der Waals surface area contributed by atoms with Crippen LogP contribution < -0.4 is 4.90 Å². The first kappa shape index (κ1) is 38.5. The Morgan fingerprint density at radius 3 is 2.55 bits per heavy atom. The molecule has 11 heteroatoms. The Balaban J connectivity index is 1.30. The maximum absolute atomic E-state index is 14.3. The van der Waals surface area contributed by atoms with Crippen molar-refractivity contribution in [3.63, 3.8) is 0 Å². The van der Waals surface area contributed by atoms with Crippen molar-refractivity contribution in [2.45, 2.75) is 113 Å². The van der Waals surface area contributed by atoms with E-state index in [1.165, 1.54) is 39.8 Å². The van der Waals surface area contributed by atoms with Gasteiger partial charge < -0.3 is 29.6 Å². The van der Waals surface area contributed by atoms with E-state index in [-0.39, 0.29) is 12.0 Å². The normalized spacial score (nSPS) is 38.5. The first-order chi connectivity index (χ1) is 26.6.